The number of nitrogens with zero attached hydrogens (tertiary/aromatic N) is 2. The Balaban J connectivity index is 1.94. The van der Waals surface area contributed by atoms with Crippen molar-refractivity contribution >= 4 is 5.91 Å². The normalized spacial score (nSPS) is 30.9. The highest BCUT2D eigenvalue weighted by Crippen LogP contribution is 2.41. The summed E-state index contributed by atoms with van der Waals surface area (Å²) >= 11 is 0. The van der Waals surface area contributed by atoms with Gasteiger partial charge in [-0.3, -0.25) is 9.69 Å². The number of rotatable bonds is 4. The van der Waals surface area contributed by atoms with Crippen LogP contribution in [0.3, 0.4) is 0 Å². The van der Waals surface area contributed by atoms with Crippen LogP contribution < -0.4 is 0 Å². The van der Waals surface area contributed by atoms with Gasteiger partial charge in [-0.25, -0.2) is 0 Å². The van der Waals surface area contributed by atoms with E-state index in [-0.39, 0.29) is 24.0 Å². The summed E-state index contributed by atoms with van der Waals surface area (Å²) in [5.41, 5.74) is -0.211. The lowest BCUT2D eigenvalue weighted by Crippen LogP contribution is -2.68. The zero-order chi connectivity index (χ0) is 13.3. The molecule has 0 aromatic heterocycles. The first-order chi connectivity index (χ1) is 8.48. The summed E-state index contributed by atoms with van der Waals surface area (Å²) in [4.78, 5) is 16.3. The smallest absolute Gasteiger partial charge is 0.232 e. The Kier molecular flexibility index (Phi) is 3.94. The number of aliphatic hydroxyl groups is 2. The molecule has 0 aromatic rings. The Morgan fingerprint density at radius 1 is 1.39 bits per heavy atom. The highest BCUT2D eigenvalue weighted by atomic mass is 16.3. The van der Waals surface area contributed by atoms with Crippen LogP contribution in [0.25, 0.3) is 0 Å². The van der Waals surface area contributed by atoms with Gasteiger partial charge in [-0.15, -0.1) is 0 Å². The molecule has 1 amide bonds. The molecule has 2 fully saturated rings. The van der Waals surface area contributed by atoms with Crippen LogP contribution in [0.2, 0.25) is 0 Å². The molecule has 2 saturated heterocycles. The zero-order valence-electron chi connectivity index (χ0n) is 11.3. The highest BCUT2D eigenvalue weighted by molar-refractivity contribution is 5.89. The second-order valence-electron chi connectivity index (χ2n) is 5.98. The fraction of sp³-hybridized carbons (Fsp3) is 0.923. The van der Waals surface area contributed by atoms with Crippen LogP contribution in [0.4, 0.5) is 0 Å². The first-order valence-electron chi connectivity index (χ1n) is 6.81. The number of β-lactam (4-membered cyclic amide) rings is 1. The molecular formula is C13H24N2O3. The van der Waals surface area contributed by atoms with Crippen LogP contribution >= 0.6 is 0 Å². The minimum absolute atomic E-state index is 0.211. The van der Waals surface area contributed by atoms with Gasteiger partial charge in [0.25, 0.3) is 0 Å². The fourth-order valence-electron chi connectivity index (χ4n) is 3.14. The van der Waals surface area contributed by atoms with Gasteiger partial charge in [-0.1, -0.05) is 0 Å². The number of likely N-dealkylation sites (tertiary alicyclic amines) is 2. The van der Waals surface area contributed by atoms with Crippen LogP contribution in [-0.4, -0.2) is 70.9 Å². The maximum atomic E-state index is 12.3. The van der Waals surface area contributed by atoms with E-state index in [1.807, 2.05) is 18.7 Å². The van der Waals surface area contributed by atoms with Gasteiger partial charge in [0, 0.05) is 25.7 Å². The van der Waals surface area contributed by atoms with Gasteiger partial charge in [0.1, 0.15) is 0 Å². The summed E-state index contributed by atoms with van der Waals surface area (Å²) in [7, 11) is 0. The standard InChI is InChI=1S/C13H24N2O3/c1-10(2)15-9-13(12(15)18)4-3-5-14(8-13)6-11(17)7-16/h10-11,16-17H,3-9H2,1-2H3/t11-,13-/m0/s1. The molecule has 5 heteroatoms. The Bertz CT molecular complexity index is 321. The van der Waals surface area contributed by atoms with Crippen molar-refractivity contribution in [1.29, 1.82) is 0 Å². The Hall–Kier alpha value is -0.650. The molecule has 2 heterocycles. The van der Waals surface area contributed by atoms with Crippen molar-refractivity contribution in [2.24, 2.45) is 5.41 Å². The summed E-state index contributed by atoms with van der Waals surface area (Å²) in [6.07, 6.45) is 1.26. The molecule has 2 rings (SSSR count). The van der Waals surface area contributed by atoms with E-state index >= 15 is 0 Å². The predicted molar refractivity (Wildman–Crippen MR) is 68.0 cm³/mol. The van der Waals surface area contributed by atoms with Crippen molar-refractivity contribution in [1.82, 2.24) is 9.80 Å². The van der Waals surface area contributed by atoms with Gasteiger partial charge in [0.05, 0.1) is 18.1 Å². The molecule has 0 saturated carbocycles. The van der Waals surface area contributed by atoms with E-state index in [1.165, 1.54) is 0 Å². The zero-order valence-corrected chi connectivity index (χ0v) is 11.3. The van der Waals surface area contributed by atoms with Crippen LogP contribution in [-0.2, 0) is 4.79 Å². The topological polar surface area (TPSA) is 64.0 Å². The number of piperidine rings is 1. The molecule has 5 nitrogen and oxygen atoms in total. The molecule has 1 spiro atoms. The molecule has 0 bridgehead atoms. The number of hydrogen-bond donors (Lipinski definition) is 2. The van der Waals surface area contributed by atoms with E-state index in [4.69, 9.17) is 5.11 Å². The lowest BCUT2D eigenvalue weighted by atomic mass is 9.71. The maximum Gasteiger partial charge on any atom is 0.232 e. The Morgan fingerprint density at radius 2 is 2.11 bits per heavy atom. The third kappa shape index (κ3) is 2.39. The SMILES string of the molecule is CC(C)N1C[C@@]2(CCCN(C[C@H](O)CO)C2)C1=O. The van der Waals surface area contributed by atoms with E-state index in [2.05, 4.69) is 4.90 Å². The van der Waals surface area contributed by atoms with Crippen molar-refractivity contribution in [3.8, 4) is 0 Å². The highest BCUT2D eigenvalue weighted by Gasteiger charge is 2.54. The van der Waals surface area contributed by atoms with Gasteiger partial charge in [0.2, 0.25) is 5.91 Å². The molecule has 2 N–H and O–H groups in total. The van der Waals surface area contributed by atoms with Crippen molar-refractivity contribution in [3.05, 3.63) is 0 Å². The van der Waals surface area contributed by atoms with Gasteiger partial charge in [0.15, 0.2) is 0 Å². The third-order valence-electron chi connectivity index (χ3n) is 4.15. The largest absolute Gasteiger partial charge is 0.394 e. The molecule has 0 aliphatic carbocycles. The lowest BCUT2D eigenvalue weighted by molar-refractivity contribution is -0.170. The van der Waals surface area contributed by atoms with Crippen molar-refractivity contribution in [2.75, 3.05) is 32.8 Å². The van der Waals surface area contributed by atoms with E-state index in [9.17, 15) is 9.90 Å². The lowest BCUT2D eigenvalue weighted by Gasteiger charge is -2.54. The summed E-state index contributed by atoms with van der Waals surface area (Å²) in [6, 6.07) is 0.279. The molecule has 2 aliphatic heterocycles. The molecule has 104 valence electrons. The van der Waals surface area contributed by atoms with Gasteiger partial charge in [-0.05, 0) is 33.2 Å². The van der Waals surface area contributed by atoms with Crippen LogP contribution in [0.15, 0.2) is 0 Å². The fourth-order valence-corrected chi connectivity index (χ4v) is 3.14. The minimum atomic E-state index is -0.698. The molecule has 18 heavy (non-hydrogen) atoms. The van der Waals surface area contributed by atoms with Gasteiger partial charge >= 0.3 is 0 Å². The van der Waals surface area contributed by atoms with Crippen LogP contribution in [0.5, 0.6) is 0 Å². The molecule has 2 atom stereocenters. The number of amides is 1. The number of hydrogen-bond acceptors (Lipinski definition) is 4. The second-order valence-corrected chi connectivity index (χ2v) is 5.98. The van der Waals surface area contributed by atoms with Crippen molar-refractivity contribution in [2.45, 2.75) is 38.8 Å². The molecule has 2 aliphatic rings. The van der Waals surface area contributed by atoms with E-state index < -0.39 is 6.10 Å². The second kappa shape index (κ2) is 5.15. The minimum Gasteiger partial charge on any atom is -0.394 e. The van der Waals surface area contributed by atoms with E-state index in [1.54, 1.807) is 0 Å². The summed E-state index contributed by atoms with van der Waals surface area (Å²) in [5, 5.41) is 18.4. The third-order valence-corrected chi connectivity index (χ3v) is 4.15. The van der Waals surface area contributed by atoms with Crippen molar-refractivity contribution < 1.29 is 15.0 Å². The molecule has 0 aromatic carbocycles. The monoisotopic (exact) mass is 256 g/mol. The van der Waals surface area contributed by atoms with Crippen molar-refractivity contribution in [3.63, 3.8) is 0 Å². The molecule has 0 unspecified atom stereocenters. The molecule has 0 radical (unpaired) electrons. The van der Waals surface area contributed by atoms with E-state index in [0.29, 0.717) is 6.54 Å². The Labute approximate surface area is 108 Å². The number of β-amino-alcohol motifs (C(OH)–C–C–N with tert-alkyl or cyclic N) is 1. The van der Waals surface area contributed by atoms with Gasteiger partial charge < -0.3 is 15.1 Å². The maximum absolute atomic E-state index is 12.3. The first kappa shape index (κ1) is 13.8. The Morgan fingerprint density at radius 3 is 2.67 bits per heavy atom. The average molecular weight is 256 g/mol. The van der Waals surface area contributed by atoms with Crippen LogP contribution in [0, 0.1) is 5.41 Å². The molecular weight excluding hydrogens is 232 g/mol. The quantitative estimate of drug-likeness (QED) is 0.676. The summed E-state index contributed by atoms with van der Waals surface area (Å²) in [6.45, 7) is 6.82. The number of aliphatic hydroxyl groups excluding tert-OH is 2. The summed E-state index contributed by atoms with van der Waals surface area (Å²) < 4.78 is 0. The number of carbonyl (C=O) groups excluding carboxylic acids is 1. The van der Waals surface area contributed by atoms with Crippen LogP contribution in [0.1, 0.15) is 26.7 Å². The average Bonchev–Trinajstić information content (AvgIpc) is 2.35. The summed E-state index contributed by atoms with van der Waals surface area (Å²) in [5.74, 6) is 0.265. The predicted octanol–water partition coefficient (Wildman–Crippen LogP) is -0.328. The van der Waals surface area contributed by atoms with E-state index in [0.717, 1.165) is 32.5 Å². The first-order valence-corrected chi connectivity index (χ1v) is 6.81. The van der Waals surface area contributed by atoms with Gasteiger partial charge in [-0.2, -0.15) is 0 Å². The number of carbonyl (C=O) groups is 1.